The summed E-state index contributed by atoms with van der Waals surface area (Å²) >= 11 is 0. The number of carbonyl (C=O) groups excluding carboxylic acids is 1. The highest BCUT2D eigenvalue weighted by Gasteiger charge is 2.28. The van der Waals surface area contributed by atoms with Gasteiger partial charge in [0.05, 0.1) is 25.2 Å². The van der Waals surface area contributed by atoms with E-state index in [-0.39, 0.29) is 21.7 Å². The smallest absolute Gasteiger partial charge is 0.270 e. The fourth-order valence-corrected chi connectivity index (χ4v) is 6.18. The molecule has 0 unspecified atom stereocenters. The molecule has 0 fully saturated rings. The molecule has 0 saturated heterocycles. The number of sulfone groups is 2. The van der Waals surface area contributed by atoms with Crippen LogP contribution in [0.5, 0.6) is 0 Å². The van der Waals surface area contributed by atoms with Crippen molar-refractivity contribution < 1.29 is 35.0 Å². The lowest BCUT2D eigenvalue weighted by atomic mass is 9.98. The predicted octanol–water partition coefficient (Wildman–Crippen LogP) is 2.23. The summed E-state index contributed by atoms with van der Waals surface area (Å²) in [7, 11) is -10.7. The summed E-state index contributed by atoms with van der Waals surface area (Å²) < 4.78 is 76.6. The van der Waals surface area contributed by atoms with Gasteiger partial charge < -0.3 is 5.32 Å². The number of non-ortho nitro benzene ring substituents is 1. The van der Waals surface area contributed by atoms with E-state index >= 15 is 0 Å². The molecular formula is C22H21N3O9S3. The summed E-state index contributed by atoms with van der Waals surface area (Å²) in [5.41, 5.74) is -1.42. The monoisotopic (exact) mass is 567 g/mol. The van der Waals surface area contributed by atoms with Gasteiger partial charge >= 0.3 is 0 Å². The van der Waals surface area contributed by atoms with Gasteiger partial charge in [-0.25, -0.2) is 30.0 Å². The van der Waals surface area contributed by atoms with E-state index in [9.17, 15) is 40.2 Å². The number of nitro groups is 1. The third-order valence-electron chi connectivity index (χ3n) is 5.19. The van der Waals surface area contributed by atoms with Crippen LogP contribution in [0.4, 0.5) is 11.4 Å². The first-order valence-electron chi connectivity index (χ1n) is 10.2. The molecule has 0 bridgehead atoms. The molecule has 0 radical (unpaired) electrons. The number of nitro benzene ring substituents is 1. The zero-order chi connectivity index (χ0) is 27.8. The molecule has 15 heteroatoms. The van der Waals surface area contributed by atoms with Crippen molar-refractivity contribution in [1.82, 2.24) is 4.72 Å². The normalized spacial score (nSPS) is 12.2. The van der Waals surface area contributed by atoms with Gasteiger partial charge in [0, 0.05) is 35.9 Å². The van der Waals surface area contributed by atoms with Gasteiger partial charge in [0.1, 0.15) is 0 Å². The van der Waals surface area contributed by atoms with E-state index in [0.29, 0.717) is 0 Å². The zero-order valence-corrected chi connectivity index (χ0v) is 22.1. The first kappa shape index (κ1) is 27.9. The Morgan fingerprint density at radius 1 is 0.838 bits per heavy atom. The molecule has 1 amide bonds. The molecule has 196 valence electrons. The molecule has 0 heterocycles. The Kier molecular flexibility index (Phi) is 7.55. The van der Waals surface area contributed by atoms with Crippen molar-refractivity contribution in [2.45, 2.75) is 14.7 Å². The third kappa shape index (κ3) is 6.02. The van der Waals surface area contributed by atoms with Crippen LogP contribution in [0.15, 0.2) is 75.4 Å². The second-order valence-electron chi connectivity index (χ2n) is 7.85. The predicted molar refractivity (Wildman–Crippen MR) is 135 cm³/mol. The van der Waals surface area contributed by atoms with Gasteiger partial charge in [-0.2, -0.15) is 0 Å². The fraction of sp³-hybridized carbons (Fsp3) is 0.136. The fourth-order valence-electron chi connectivity index (χ4n) is 3.50. The van der Waals surface area contributed by atoms with E-state index in [1.54, 1.807) is 0 Å². The number of nitrogens with one attached hydrogen (secondary N) is 2. The second-order valence-corrected chi connectivity index (χ2v) is 13.7. The summed E-state index contributed by atoms with van der Waals surface area (Å²) in [5.74, 6) is -0.972. The lowest BCUT2D eigenvalue weighted by Crippen LogP contribution is -2.19. The van der Waals surface area contributed by atoms with Crippen molar-refractivity contribution in [3.05, 3.63) is 76.3 Å². The Balaban J connectivity index is 2.30. The van der Waals surface area contributed by atoms with E-state index in [4.69, 9.17) is 0 Å². The molecule has 37 heavy (non-hydrogen) atoms. The van der Waals surface area contributed by atoms with Crippen LogP contribution in [-0.2, 0) is 29.7 Å². The van der Waals surface area contributed by atoms with E-state index in [1.807, 2.05) is 0 Å². The maximum absolute atomic E-state index is 13.3. The molecule has 2 N–H and O–H groups in total. The van der Waals surface area contributed by atoms with E-state index in [0.717, 1.165) is 48.9 Å². The first-order chi connectivity index (χ1) is 17.1. The number of rotatable bonds is 8. The molecule has 12 nitrogen and oxygen atoms in total. The van der Waals surface area contributed by atoms with Crippen molar-refractivity contribution in [3.63, 3.8) is 0 Å². The SMILES string of the molecule is CNS(=O)(=O)c1cccc(NC(=O)c2cc([N+](=O)[O-])ccc2-c2c(S(C)(=O)=O)cccc2S(C)(=O)=O)c1. The highest BCUT2D eigenvalue weighted by Crippen LogP contribution is 2.37. The minimum atomic E-state index is -4.02. The Labute approximate surface area is 213 Å². The Hall–Kier alpha value is -3.66. The quantitative estimate of drug-likeness (QED) is 0.304. The van der Waals surface area contributed by atoms with Crippen molar-refractivity contribution >= 4 is 47.0 Å². The van der Waals surface area contributed by atoms with Gasteiger partial charge in [-0.1, -0.05) is 12.1 Å². The number of sulfonamides is 1. The Morgan fingerprint density at radius 3 is 1.92 bits per heavy atom. The molecule has 0 aromatic heterocycles. The lowest BCUT2D eigenvalue weighted by Gasteiger charge is -2.16. The topological polar surface area (TPSA) is 187 Å². The highest BCUT2D eigenvalue weighted by molar-refractivity contribution is 7.91. The molecule has 3 aromatic carbocycles. The van der Waals surface area contributed by atoms with Crippen LogP contribution >= 0.6 is 0 Å². The third-order valence-corrected chi connectivity index (χ3v) is 8.88. The summed E-state index contributed by atoms with van der Waals surface area (Å²) in [6.07, 6.45) is 1.72. The zero-order valence-electron chi connectivity index (χ0n) is 19.6. The Morgan fingerprint density at radius 2 is 1.41 bits per heavy atom. The largest absolute Gasteiger partial charge is 0.322 e. The van der Waals surface area contributed by atoms with E-state index < -0.39 is 61.6 Å². The van der Waals surface area contributed by atoms with Crippen LogP contribution in [-0.4, -0.2) is 55.6 Å². The summed E-state index contributed by atoms with van der Waals surface area (Å²) in [6.45, 7) is 0. The number of benzene rings is 3. The number of carbonyl (C=O) groups is 1. The van der Waals surface area contributed by atoms with Gasteiger partial charge in [-0.3, -0.25) is 14.9 Å². The summed E-state index contributed by atoms with van der Waals surface area (Å²) in [6, 6.07) is 11.7. The lowest BCUT2D eigenvalue weighted by molar-refractivity contribution is -0.384. The summed E-state index contributed by atoms with van der Waals surface area (Å²) in [5, 5.41) is 13.9. The number of nitrogens with zero attached hydrogens (tertiary/aromatic N) is 1. The van der Waals surface area contributed by atoms with Crippen molar-refractivity contribution in [1.29, 1.82) is 0 Å². The van der Waals surface area contributed by atoms with Crippen LogP contribution < -0.4 is 10.0 Å². The van der Waals surface area contributed by atoms with Gasteiger partial charge in [0.2, 0.25) is 10.0 Å². The maximum Gasteiger partial charge on any atom is 0.270 e. The molecule has 0 aliphatic rings. The average Bonchev–Trinajstić information content (AvgIpc) is 2.82. The van der Waals surface area contributed by atoms with E-state index in [1.165, 1.54) is 31.3 Å². The van der Waals surface area contributed by atoms with E-state index in [2.05, 4.69) is 10.0 Å². The molecule has 3 rings (SSSR count). The minimum absolute atomic E-state index is 0.0125. The number of amides is 1. The van der Waals surface area contributed by atoms with Crippen molar-refractivity contribution in [2.24, 2.45) is 0 Å². The Bertz CT molecular complexity index is 1700. The minimum Gasteiger partial charge on any atom is -0.322 e. The molecule has 0 saturated carbocycles. The van der Waals surface area contributed by atoms with Gasteiger partial charge in [-0.05, 0) is 49.0 Å². The molecule has 0 aliphatic heterocycles. The maximum atomic E-state index is 13.3. The van der Waals surface area contributed by atoms with Crippen molar-refractivity contribution in [2.75, 3.05) is 24.9 Å². The molecule has 0 aliphatic carbocycles. The van der Waals surface area contributed by atoms with Crippen LogP contribution in [0, 0.1) is 10.1 Å². The van der Waals surface area contributed by atoms with Crippen LogP contribution in [0.2, 0.25) is 0 Å². The van der Waals surface area contributed by atoms with Gasteiger partial charge in [0.25, 0.3) is 11.6 Å². The van der Waals surface area contributed by atoms with Crippen molar-refractivity contribution in [3.8, 4) is 11.1 Å². The number of anilines is 1. The number of hydrogen-bond donors (Lipinski definition) is 2. The van der Waals surface area contributed by atoms with Crippen LogP contribution in [0.3, 0.4) is 0 Å². The molecular weight excluding hydrogens is 546 g/mol. The number of hydrogen-bond acceptors (Lipinski definition) is 9. The molecule has 0 atom stereocenters. The molecule has 0 spiro atoms. The highest BCUT2D eigenvalue weighted by atomic mass is 32.2. The first-order valence-corrected chi connectivity index (χ1v) is 15.5. The van der Waals surface area contributed by atoms with Crippen LogP contribution in [0.25, 0.3) is 11.1 Å². The van der Waals surface area contributed by atoms with Gasteiger partial charge in [0.15, 0.2) is 19.7 Å². The second kappa shape index (κ2) is 10.0. The standard InChI is InChI=1S/C22H21N3O9S3/c1-23-37(33,34)16-7-4-6-14(12-16)24-22(26)18-13-15(25(27)28)10-11-17(18)21-19(35(2,29)30)8-5-9-20(21)36(3,31)32/h4-13,23H,1-3H3,(H,24,26). The molecule has 3 aromatic rings. The van der Waals surface area contributed by atoms with Crippen LogP contribution in [0.1, 0.15) is 10.4 Å². The van der Waals surface area contributed by atoms with Gasteiger partial charge in [-0.15, -0.1) is 0 Å². The summed E-state index contributed by atoms with van der Waals surface area (Å²) in [4.78, 5) is 23.0. The average molecular weight is 568 g/mol.